The van der Waals surface area contributed by atoms with Gasteiger partial charge < -0.3 is 19.9 Å². The van der Waals surface area contributed by atoms with Crippen LogP contribution in [0.2, 0.25) is 0 Å². The maximum absolute atomic E-state index is 12.4. The van der Waals surface area contributed by atoms with Crippen LogP contribution in [0.5, 0.6) is 0 Å². The average molecular weight is 291 g/mol. The van der Waals surface area contributed by atoms with Gasteiger partial charge in [-0.1, -0.05) is 0 Å². The quantitative estimate of drug-likeness (QED) is 0.815. The highest BCUT2D eigenvalue weighted by atomic mass is 16.5. The van der Waals surface area contributed by atoms with E-state index in [1.165, 1.54) is 12.3 Å². The van der Waals surface area contributed by atoms with Gasteiger partial charge in [0.05, 0.1) is 18.2 Å². The van der Waals surface area contributed by atoms with Crippen molar-refractivity contribution in [2.75, 3.05) is 20.8 Å². The Labute approximate surface area is 121 Å². The Morgan fingerprint density at radius 1 is 1.48 bits per heavy atom. The molecule has 112 valence electrons. The van der Waals surface area contributed by atoms with Gasteiger partial charge in [-0.25, -0.2) is 0 Å². The zero-order chi connectivity index (χ0) is 15.4. The first-order valence-corrected chi connectivity index (χ1v) is 6.75. The zero-order valence-corrected chi connectivity index (χ0v) is 12.0. The van der Waals surface area contributed by atoms with Gasteiger partial charge in [0.15, 0.2) is 5.43 Å². The van der Waals surface area contributed by atoms with Gasteiger partial charge in [-0.3, -0.25) is 14.4 Å². The number of hydrogen-bond acceptors (Lipinski definition) is 4. The number of carbonyl (C=O) groups is 2. The lowest BCUT2D eigenvalue weighted by Gasteiger charge is -2.42. The van der Waals surface area contributed by atoms with Gasteiger partial charge in [-0.15, -0.1) is 0 Å². The minimum atomic E-state index is -0.777. The van der Waals surface area contributed by atoms with Gasteiger partial charge in [0.1, 0.15) is 11.3 Å². The SMILES string of the molecule is COCC1N(C)C(=O)c2cc(=O)c(C(N)=O)cn2C12CC2. The zero-order valence-electron chi connectivity index (χ0n) is 12.0. The molecule has 2 heterocycles. The van der Waals surface area contributed by atoms with Crippen LogP contribution in [0.3, 0.4) is 0 Å². The third kappa shape index (κ3) is 1.80. The van der Waals surface area contributed by atoms with Crippen LogP contribution in [0.15, 0.2) is 17.1 Å². The summed E-state index contributed by atoms with van der Waals surface area (Å²) in [5.41, 5.74) is 4.64. The van der Waals surface area contributed by atoms with E-state index in [4.69, 9.17) is 10.5 Å². The number of nitrogens with two attached hydrogens (primary N) is 1. The van der Waals surface area contributed by atoms with Crippen LogP contribution in [0.1, 0.15) is 33.7 Å². The van der Waals surface area contributed by atoms with Crippen LogP contribution in [0, 0.1) is 0 Å². The number of carbonyl (C=O) groups excluding carboxylic acids is 2. The number of fused-ring (bicyclic) bond motifs is 2. The van der Waals surface area contributed by atoms with Crippen LogP contribution in [-0.4, -0.2) is 48.1 Å². The molecule has 0 bridgehead atoms. The summed E-state index contributed by atoms with van der Waals surface area (Å²) in [6.45, 7) is 0.402. The fourth-order valence-electron chi connectivity index (χ4n) is 3.22. The molecule has 1 atom stereocenters. The number of aromatic nitrogens is 1. The van der Waals surface area contributed by atoms with E-state index in [0.29, 0.717) is 12.3 Å². The Bertz CT molecular complexity index is 690. The van der Waals surface area contributed by atoms with Crippen molar-refractivity contribution in [3.8, 4) is 0 Å². The maximum Gasteiger partial charge on any atom is 0.270 e. The molecule has 7 heteroatoms. The average Bonchev–Trinajstić information content (AvgIpc) is 3.22. The molecule has 1 aromatic rings. The summed E-state index contributed by atoms with van der Waals surface area (Å²) in [5, 5.41) is 0. The first kappa shape index (κ1) is 13.8. The van der Waals surface area contributed by atoms with E-state index in [1.54, 1.807) is 23.6 Å². The number of likely N-dealkylation sites (N-methyl/N-ethyl adjacent to an activating group) is 1. The molecule has 0 radical (unpaired) electrons. The van der Waals surface area contributed by atoms with Crippen molar-refractivity contribution in [3.63, 3.8) is 0 Å². The van der Waals surface area contributed by atoms with Gasteiger partial charge in [0, 0.05) is 26.4 Å². The highest BCUT2D eigenvalue weighted by Crippen LogP contribution is 2.51. The molecule has 0 aromatic carbocycles. The molecule has 1 unspecified atom stereocenters. The minimum absolute atomic E-state index is 0.0847. The fourth-order valence-corrected chi connectivity index (χ4v) is 3.22. The molecule has 1 aromatic heterocycles. The number of hydrogen-bond donors (Lipinski definition) is 1. The Morgan fingerprint density at radius 2 is 2.14 bits per heavy atom. The van der Waals surface area contributed by atoms with Crippen molar-refractivity contribution in [1.29, 1.82) is 0 Å². The lowest BCUT2D eigenvalue weighted by molar-refractivity contribution is 0.0325. The molecule has 2 N–H and O–H groups in total. The van der Waals surface area contributed by atoms with Gasteiger partial charge in [0.2, 0.25) is 0 Å². The van der Waals surface area contributed by atoms with Gasteiger partial charge in [0.25, 0.3) is 11.8 Å². The van der Waals surface area contributed by atoms with E-state index in [0.717, 1.165) is 12.8 Å². The summed E-state index contributed by atoms with van der Waals surface area (Å²) >= 11 is 0. The van der Waals surface area contributed by atoms with Gasteiger partial charge in [-0.05, 0) is 12.8 Å². The molecule has 0 saturated heterocycles. The van der Waals surface area contributed by atoms with Crippen molar-refractivity contribution in [1.82, 2.24) is 9.47 Å². The number of nitrogens with zero attached hydrogens (tertiary/aromatic N) is 2. The number of methoxy groups -OCH3 is 1. The van der Waals surface area contributed by atoms with Crippen molar-refractivity contribution in [3.05, 3.63) is 33.7 Å². The first-order chi connectivity index (χ1) is 9.92. The van der Waals surface area contributed by atoms with E-state index in [2.05, 4.69) is 0 Å². The Kier molecular flexibility index (Phi) is 2.91. The third-order valence-corrected chi connectivity index (χ3v) is 4.51. The Balaban J connectivity index is 2.22. The highest BCUT2D eigenvalue weighted by molar-refractivity contribution is 5.96. The Hall–Kier alpha value is -2.15. The molecular weight excluding hydrogens is 274 g/mol. The summed E-state index contributed by atoms with van der Waals surface area (Å²) in [6, 6.07) is 1.09. The second-order valence-electron chi connectivity index (χ2n) is 5.66. The van der Waals surface area contributed by atoms with Gasteiger partial charge in [-0.2, -0.15) is 0 Å². The molecule has 1 saturated carbocycles. The number of pyridine rings is 1. The number of amides is 2. The summed E-state index contributed by atoms with van der Waals surface area (Å²) in [5.74, 6) is -1.02. The molecule has 1 aliphatic carbocycles. The van der Waals surface area contributed by atoms with Gasteiger partial charge >= 0.3 is 0 Å². The minimum Gasteiger partial charge on any atom is -0.382 e. The smallest absolute Gasteiger partial charge is 0.270 e. The van der Waals surface area contributed by atoms with E-state index < -0.39 is 11.3 Å². The highest BCUT2D eigenvalue weighted by Gasteiger charge is 2.57. The van der Waals surface area contributed by atoms with Crippen molar-refractivity contribution in [2.24, 2.45) is 5.73 Å². The van der Waals surface area contributed by atoms with E-state index in [-0.39, 0.29) is 23.1 Å². The molecule has 1 aliphatic heterocycles. The number of primary amides is 1. The monoisotopic (exact) mass is 291 g/mol. The fraction of sp³-hybridized carbons (Fsp3) is 0.500. The predicted octanol–water partition coefficient (Wildman–Crippen LogP) is -0.463. The van der Waals surface area contributed by atoms with Crippen LogP contribution in [-0.2, 0) is 10.3 Å². The topological polar surface area (TPSA) is 94.6 Å². The first-order valence-electron chi connectivity index (χ1n) is 6.75. The number of ether oxygens (including phenoxy) is 1. The van der Waals surface area contributed by atoms with E-state index >= 15 is 0 Å². The molecular formula is C14H17N3O4. The second-order valence-corrected chi connectivity index (χ2v) is 5.66. The summed E-state index contributed by atoms with van der Waals surface area (Å²) in [6.07, 6.45) is 3.17. The lowest BCUT2D eigenvalue weighted by atomic mass is 9.99. The summed E-state index contributed by atoms with van der Waals surface area (Å²) < 4.78 is 6.98. The van der Waals surface area contributed by atoms with Crippen LogP contribution < -0.4 is 11.2 Å². The van der Waals surface area contributed by atoms with Crippen LogP contribution in [0.25, 0.3) is 0 Å². The molecule has 7 nitrogen and oxygen atoms in total. The molecule has 21 heavy (non-hydrogen) atoms. The van der Waals surface area contributed by atoms with Crippen LogP contribution >= 0.6 is 0 Å². The largest absolute Gasteiger partial charge is 0.382 e. The Morgan fingerprint density at radius 3 is 2.67 bits per heavy atom. The number of rotatable bonds is 3. The van der Waals surface area contributed by atoms with Crippen molar-refractivity contribution in [2.45, 2.75) is 24.4 Å². The third-order valence-electron chi connectivity index (χ3n) is 4.51. The lowest BCUT2D eigenvalue weighted by Crippen LogP contribution is -2.56. The molecule has 1 spiro atoms. The maximum atomic E-state index is 12.4. The normalized spacial score (nSPS) is 22.3. The second kappa shape index (κ2) is 4.42. The summed E-state index contributed by atoms with van der Waals surface area (Å²) in [4.78, 5) is 37.4. The van der Waals surface area contributed by atoms with Crippen molar-refractivity contribution < 1.29 is 14.3 Å². The molecule has 2 amide bonds. The van der Waals surface area contributed by atoms with E-state index in [9.17, 15) is 14.4 Å². The molecule has 1 fully saturated rings. The predicted molar refractivity (Wildman–Crippen MR) is 74.2 cm³/mol. The standard InChI is InChI=1S/C14H17N3O4/c1-16-11(7-21-2)14(3-4-14)17-6-8(12(15)19)10(18)5-9(17)13(16)20/h5-6,11H,3-4,7H2,1-2H3,(H2,15,19). The molecule has 2 aliphatic rings. The summed E-state index contributed by atoms with van der Waals surface area (Å²) in [7, 11) is 3.30. The van der Waals surface area contributed by atoms with E-state index in [1.807, 2.05) is 0 Å². The molecule has 3 rings (SSSR count). The van der Waals surface area contributed by atoms with Crippen LogP contribution in [0.4, 0.5) is 0 Å². The van der Waals surface area contributed by atoms with Crippen molar-refractivity contribution >= 4 is 11.8 Å².